The van der Waals surface area contributed by atoms with Gasteiger partial charge in [0.2, 0.25) is 0 Å². The van der Waals surface area contributed by atoms with E-state index in [1.807, 2.05) is 0 Å². The third kappa shape index (κ3) is 3.34. The number of thioether (sulfide) groups is 1. The molecule has 1 aliphatic rings. The lowest BCUT2D eigenvalue weighted by molar-refractivity contribution is -0.111. The minimum atomic E-state index is -0.333. The van der Waals surface area contributed by atoms with Crippen molar-refractivity contribution in [3.05, 3.63) is 81.8 Å². The number of rotatable bonds is 2. The molecule has 1 heterocycles. The van der Waals surface area contributed by atoms with E-state index in [1.165, 1.54) is 36.0 Å². The van der Waals surface area contributed by atoms with Gasteiger partial charge in [0.25, 0.3) is 0 Å². The third-order valence-electron chi connectivity index (χ3n) is 3.23. The molecule has 22 heavy (non-hydrogen) atoms. The van der Waals surface area contributed by atoms with Gasteiger partial charge in [-0.05, 0) is 47.5 Å². The first-order chi connectivity index (χ1) is 10.6. The summed E-state index contributed by atoms with van der Waals surface area (Å²) in [6, 6.07) is 12.2. The number of carbonyl (C=O) groups excluding carboxylic acids is 1. The lowest BCUT2D eigenvalue weighted by Crippen LogP contribution is -1.96. The normalized spacial score (nSPS) is 18.4. The predicted octanol–water partition coefficient (Wildman–Crippen LogP) is 4.71. The number of ketones is 1. The van der Waals surface area contributed by atoms with E-state index in [0.29, 0.717) is 27.4 Å². The van der Waals surface area contributed by atoms with Gasteiger partial charge in [0.05, 0.1) is 4.91 Å². The third-order valence-corrected chi connectivity index (χ3v) is 4.30. The standard InChI is InChI=1S/C18H12F2OS/c19-15-5-1-3-12(8-15)7-14-11-22-17(18(14)21)10-13-4-2-6-16(20)9-13/h1-10H,11H2/b14-7+,17-10-. The molecular weight excluding hydrogens is 302 g/mol. The Balaban J connectivity index is 1.86. The van der Waals surface area contributed by atoms with E-state index >= 15 is 0 Å². The Hall–Kier alpha value is -2.20. The fourth-order valence-electron chi connectivity index (χ4n) is 2.20. The Labute approximate surface area is 131 Å². The lowest BCUT2D eigenvalue weighted by atomic mass is 10.1. The van der Waals surface area contributed by atoms with Gasteiger partial charge >= 0.3 is 0 Å². The molecule has 0 aromatic heterocycles. The van der Waals surface area contributed by atoms with Crippen molar-refractivity contribution in [1.29, 1.82) is 0 Å². The van der Waals surface area contributed by atoms with Crippen LogP contribution in [0.25, 0.3) is 12.2 Å². The Morgan fingerprint density at radius 1 is 0.909 bits per heavy atom. The molecule has 0 saturated carbocycles. The highest BCUT2D eigenvalue weighted by atomic mass is 32.2. The van der Waals surface area contributed by atoms with Crippen LogP contribution in [0.2, 0.25) is 0 Å². The smallest absolute Gasteiger partial charge is 0.196 e. The van der Waals surface area contributed by atoms with Crippen molar-refractivity contribution in [2.45, 2.75) is 0 Å². The first-order valence-corrected chi connectivity index (χ1v) is 7.71. The van der Waals surface area contributed by atoms with E-state index in [-0.39, 0.29) is 17.4 Å². The van der Waals surface area contributed by atoms with Crippen LogP contribution in [0.1, 0.15) is 11.1 Å². The molecule has 110 valence electrons. The number of hydrogen-bond acceptors (Lipinski definition) is 2. The molecule has 0 spiro atoms. The summed E-state index contributed by atoms with van der Waals surface area (Å²) in [5.41, 5.74) is 1.94. The molecule has 4 heteroatoms. The van der Waals surface area contributed by atoms with Gasteiger partial charge in [-0.25, -0.2) is 8.78 Å². The van der Waals surface area contributed by atoms with Crippen molar-refractivity contribution in [1.82, 2.24) is 0 Å². The molecule has 0 aliphatic carbocycles. The SMILES string of the molecule is O=C1/C(=C/c2cccc(F)c2)CS/C1=C\c1cccc(F)c1. The average molecular weight is 314 g/mol. The first kappa shape index (κ1) is 14.7. The van der Waals surface area contributed by atoms with Crippen LogP contribution < -0.4 is 0 Å². The zero-order chi connectivity index (χ0) is 15.5. The van der Waals surface area contributed by atoms with Crippen molar-refractivity contribution in [2.24, 2.45) is 0 Å². The molecule has 1 nitrogen and oxygen atoms in total. The van der Waals surface area contributed by atoms with Crippen LogP contribution >= 0.6 is 11.8 Å². The van der Waals surface area contributed by atoms with Crippen LogP contribution in [0.3, 0.4) is 0 Å². The van der Waals surface area contributed by atoms with Crippen molar-refractivity contribution in [3.8, 4) is 0 Å². The summed E-state index contributed by atoms with van der Waals surface area (Å²) in [7, 11) is 0. The molecule has 0 amide bonds. The fraction of sp³-hybridized carbons (Fsp3) is 0.0556. The molecule has 1 fully saturated rings. The molecule has 1 saturated heterocycles. The van der Waals surface area contributed by atoms with Crippen molar-refractivity contribution in [2.75, 3.05) is 5.75 Å². The van der Waals surface area contributed by atoms with E-state index in [0.717, 1.165) is 0 Å². The second-order valence-corrected chi connectivity index (χ2v) is 5.92. The van der Waals surface area contributed by atoms with Crippen molar-refractivity contribution < 1.29 is 13.6 Å². The quantitative estimate of drug-likeness (QED) is 0.747. The van der Waals surface area contributed by atoms with Gasteiger partial charge in [0.1, 0.15) is 11.6 Å². The number of carbonyl (C=O) groups is 1. The fourth-order valence-corrected chi connectivity index (χ4v) is 3.21. The highest BCUT2D eigenvalue weighted by Gasteiger charge is 2.23. The van der Waals surface area contributed by atoms with Crippen LogP contribution in [0, 0.1) is 11.6 Å². The number of benzene rings is 2. The van der Waals surface area contributed by atoms with Gasteiger partial charge in [0, 0.05) is 11.3 Å². The zero-order valence-corrected chi connectivity index (χ0v) is 12.4. The summed E-state index contributed by atoms with van der Waals surface area (Å²) in [4.78, 5) is 12.9. The molecule has 2 aromatic carbocycles. The van der Waals surface area contributed by atoms with Gasteiger partial charge in [0.15, 0.2) is 5.78 Å². The van der Waals surface area contributed by atoms with Crippen LogP contribution in [-0.2, 0) is 4.79 Å². The summed E-state index contributed by atoms with van der Waals surface area (Å²) in [5, 5.41) is 0. The molecule has 0 bridgehead atoms. The zero-order valence-electron chi connectivity index (χ0n) is 11.6. The summed E-state index contributed by atoms with van der Waals surface area (Å²) in [5.74, 6) is -0.210. The van der Waals surface area contributed by atoms with E-state index in [9.17, 15) is 13.6 Å². The Morgan fingerprint density at radius 3 is 2.09 bits per heavy atom. The van der Waals surface area contributed by atoms with Gasteiger partial charge in [-0.1, -0.05) is 24.3 Å². The first-order valence-electron chi connectivity index (χ1n) is 6.73. The molecule has 0 radical (unpaired) electrons. The van der Waals surface area contributed by atoms with E-state index in [4.69, 9.17) is 0 Å². The van der Waals surface area contributed by atoms with E-state index < -0.39 is 0 Å². The minimum absolute atomic E-state index is 0.0847. The Bertz CT molecular complexity index is 728. The Morgan fingerprint density at radius 2 is 1.50 bits per heavy atom. The van der Waals surface area contributed by atoms with Gasteiger partial charge < -0.3 is 0 Å². The summed E-state index contributed by atoms with van der Waals surface area (Å²) >= 11 is 1.41. The van der Waals surface area contributed by atoms with Crippen LogP contribution in [0.5, 0.6) is 0 Å². The van der Waals surface area contributed by atoms with Gasteiger partial charge in [-0.3, -0.25) is 4.79 Å². The maximum absolute atomic E-state index is 13.2. The van der Waals surface area contributed by atoms with E-state index in [1.54, 1.807) is 36.4 Å². The second-order valence-electron chi connectivity index (χ2n) is 4.91. The maximum atomic E-state index is 13.2. The molecule has 0 unspecified atom stereocenters. The van der Waals surface area contributed by atoms with Crippen molar-refractivity contribution in [3.63, 3.8) is 0 Å². The highest BCUT2D eigenvalue weighted by molar-refractivity contribution is 8.05. The molecular formula is C18H12F2OS. The number of hydrogen-bond donors (Lipinski definition) is 0. The topological polar surface area (TPSA) is 17.1 Å². The van der Waals surface area contributed by atoms with Gasteiger partial charge in [-0.2, -0.15) is 0 Å². The molecule has 0 atom stereocenters. The van der Waals surface area contributed by atoms with Crippen LogP contribution in [0.15, 0.2) is 59.0 Å². The van der Waals surface area contributed by atoms with Crippen molar-refractivity contribution >= 4 is 29.7 Å². The number of halogens is 2. The largest absolute Gasteiger partial charge is 0.288 e. The molecule has 3 rings (SSSR count). The number of Topliss-reactive ketones (excluding diaryl/α,β-unsaturated/α-hetero) is 1. The average Bonchev–Trinajstić information content (AvgIpc) is 2.80. The highest BCUT2D eigenvalue weighted by Crippen LogP contribution is 2.34. The summed E-state index contributed by atoms with van der Waals surface area (Å²) in [6.45, 7) is 0. The van der Waals surface area contributed by atoms with Crippen LogP contribution in [0.4, 0.5) is 8.78 Å². The number of allylic oxidation sites excluding steroid dienone is 1. The monoisotopic (exact) mass is 314 g/mol. The molecule has 1 aliphatic heterocycles. The summed E-state index contributed by atoms with van der Waals surface area (Å²) in [6.07, 6.45) is 3.38. The van der Waals surface area contributed by atoms with Gasteiger partial charge in [-0.15, -0.1) is 11.8 Å². The lowest BCUT2D eigenvalue weighted by Gasteiger charge is -1.97. The van der Waals surface area contributed by atoms with E-state index in [2.05, 4.69) is 0 Å². The van der Waals surface area contributed by atoms with Crippen LogP contribution in [-0.4, -0.2) is 11.5 Å². The Kier molecular flexibility index (Phi) is 4.20. The maximum Gasteiger partial charge on any atom is 0.196 e. The predicted molar refractivity (Wildman–Crippen MR) is 86.2 cm³/mol. The second kappa shape index (κ2) is 6.28. The minimum Gasteiger partial charge on any atom is -0.288 e. The molecule has 2 aromatic rings. The summed E-state index contributed by atoms with van der Waals surface area (Å²) < 4.78 is 26.3. The molecule has 0 N–H and O–H groups in total.